The summed E-state index contributed by atoms with van der Waals surface area (Å²) in [4.78, 5) is 30.5. The van der Waals surface area contributed by atoms with Crippen molar-refractivity contribution < 1.29 is 23.8 Å². The van der Waals surface area contributed by atoms with Crippen molar-refractivity contribution in [3.8, 4) is 17.2 Å². The van der Waals surface area contributed by atoms with Gasteiger partial charge in [-0.05, 0) is 25.7 Å². The van der Waals surface area contributed by atoms with E-state index in [1.807, 2.05) is 0 Å². The van der Waals surface area contributed by atoms with E-state index in [0.29, 0.717) is 41.6 Å². The Morgan fingerprint density at radius 2 is 1.42 bits per heavy atom. The van der Waals surface area contributed by atoms with E-state index in [0.717, 1.165) is 25.7 Å². The molecule has 1 unspecified atom stereocenters. The van der Waals surface area contributed by atoms with E-state index in [4.69, 9.17) is 14.2 Å². The van der Waals surface area contributed by atoms with Gasteiger partial charge in [0.15, 0.2) is 11.5 Å². The van der Waals surface area contributed by atoms with Crippen molar-refractivity contribution in [1.82, 2.24) is 4.90 Å². The zero-order valence-corrected chi connectivity index (χ0v) is 18.9. The van der Waals surface area contributed by atoms with Crippen molar-refractivity contribution in [3.05, 3.63) is 12.1 Å². The van der Waals surface area contributed by atoms with Crippen LogP contribution in [0, 0.1) is 5.92 Å². The van der Waals surface area contributed by atoms with Crippen LogP contribution in [0.2, 0.25) is 0 Å². The number of hydrogen-bond donors (Lipinski definition) is 0. The molecule has 31 heavy (non-hydrogen) atoms. The van der Waals surface area contributed by atoms with Gasteiger partial charge in [-0.1, -0.05) is 25.7 Å². The maximum absolute atomic E-state index is 13.7. The average molecular weight is 431 g/mol. The lowest BCUT2D eigenvalue weighted by Crippen LogP contribution is -2.48. The molecule has 3 aliphatic rings. The Balaban J connectivity index is 1.56. The first kappa shape index (κ1) is 21.8. The zero-order valence-electron chi connectivity index (χ0n) is 18.9. The highest BCUT2D eigenvalue weighted by Gasteiger charge is 2.42. The number of nitrogens with zero attached hydrogens (tertiary/aromatic N) is 2. The molecule has 2 aliphatic carbocycles. The molecule has 3 fully saturated rings. The van der Waals surface area contributed by atoms with E-state index in [-0.39, 0.29) is 24.2 Å². The molecule has 0 radical (unpaired) electrons. The molecule has 1 aromatic rings. The van der Waals surface area contributed by atoms with Crippen LogP contribution >= 0.6 is 0 Å². The van der Waals surface area contributed by atoms with Crippen LogP contribution in [-0.4, -0.2) is 56.7 Å². The summed E-state index contributed by atoms with van der Waals surface area (Å²) < 4.78 is 16.3. The minimum Gasteiger partial charge on any atom is -0.493 e. The zero-order chi connectivity index (χ0) is 22.0. The maximum Gasteiger partial charge on any atom is 0.228 e. The molecular weight excluding hydrogens is 396 g/mol. The van der Waals surface area contributed by atoms with Gasteiger partial charge < -0.3 is 24.0 Å². The molecule has 0 spiro atoms. The number of rotatable bonds is 7. The fraction of sp³-hybridized carbons (Fsp3) is 0.667. The van der Waals surface area contributed by atoms with Gasteiger partial charge >= 0.3 is 0 Å². The number of methoxy groups -OCH3 is 3. The molecule has 0 bridgehead atoms. The third-order valence-corrected chi connectivity index (χ3v) is 7.13. The van der Waals surface area contributed by atoms with Crippen molar-refractivity contribution in [3.63, 3.8) is 0 Å². The first-order valence-corrected chi connectivity index (χ1v) is 11.5. The molecule has 7 nitrogen and oxygen atoms in total. The van der Waals surface area contributed by atoms with Crippen LogP contribution in [0.15, 0.2) is 12.1 Å². The van der Waals surface area contributed by atoms with Gasteiger partial charge in [-0.2, -0.15) is 0 Å². The number of carbonyl (C=O) groups is 2. The van der Waals surface area contributed by atoms with E-state index in [1.54, 1.807) is 38.4 Å². The van der Waals surface area contributed by atoms with Crippen molar-refractivity contribution in [2.45, 2.75) is 69.9 Å². The van der Waals surface area contributed by atoms with E-state index in [2.05, 4.69) is 4.90 Å². The van der Waals surface area contributed by atoms with Gasteiger partial charge in [0.2, 0.25) is 17.6 Å². The van der Waals surface area contributed by atoms with E-state index in [1.165, 1.54) is 25.7 Å². The molecule has 1 saturated heterocycles. The first-order chi connectivity index (χ1) is 15.1. The van der Waals surface area contributed by atoms with Crippen molar-refractivity contribution in [2.75, 3.05) is 32.8 Å². The van der Waals surface area contributed by atoms with Gasteiger partial charge in [0.1, 0.15) is 0 Å². The Bertz CT molecular complexity index is 773. The molecule has 1 heterocycles. The summed E-state index contributed by atoms with van der Waals surface area (Å²) in [5.41, 5.74) is 0.670. The summed E-state index contributed by atoms with van der Waals surface area (Å²) in [5, 5.41) is 0. The Hall–Kier alpha value is -2.44. The van der Waals surface area contributed by atoms with Crippen LogP contribution in [0.3, 0.4) is 0 Å². The average Bonchev–Trinajstić information content (AvgIpc) is 3.55. The number of carbonyl (C=O) groups excluding carboxylic acids is 2. The Labute approximate surface area is 184 Å². The largest absolute Gasteiger partial charge is 0.493 e. The number of ether oxygens (including phenoxy) is 3. The minimum atomic E-state index is -0.298. The lowest BCUT2D eigenvalue weighted by atomic mass is 10.0. The van der Waals surface area contributed by atoms with Gasteiger partial charge in [0.25, 0.3) is 0 Å². The van der Waals surface area contributed by atoms with E-state index < -0.39 is 0 Å². The molecule has 1 atom stereocenters. The smallest absolute Gasteiger partial charge is 0.228 e. The second-order valence-corrected chi connectivity index (χ2v) is 8.91. The Morgan fingerprint density at radius 1 is 0.903 bits per heavy atom. The molecule has 170 valence electrons. The van der Waals surface area contributed by atoms with Gasteiger partial charge in [-0.3, -0.25) is 9.59 Å². The van der Waals surface area contributed by atoms with Crippen LogP contribution in [0.1, 0.15) is 57.8 Å². The van der Waals surface area contributed by atoms with E-state index >= 15 is 0 Å². The summed E-state index contributed by atoms with van der Waals surface area (Å²) >= 11 is 0. The SMILES string of the molecule is COc1cc(N2CC(C(=O)N(C3CCCC3)C3CCCC3)CC2=O)cc(OC)c1OC. The van der Waals surface area contributed by atoms with Gasteiger partial charge in [-0.25, -0.2) is 0 Å². The first-order valence-electron chi connectivity index (χ1n) is 11.5. The molecule has 7 heteroatoms. The van der Waals surface area contributed by atoms with Crippen molar-refractivity contribution >= 4 is 17.5 Å². The molecule has 4 rings (SSSR count). The van der Waals surface area contributed by atoms with Gasteiger partial charge in [0.05, 0.1) is 32.9 Å². The molecule has 0 aromatic heterocycles. The summed E-state index contributed by atoms with van der Waals surface area (Å²) in [5.74, 6) is 1.32. The molecule has 1 aromatic carbocycles. The third-order valence-electron chi connectivity index (χ3n) is 7.13. The summed E-state index contributed by atoms with van der Waals surface area (Å²) in [6.07, 6.45) is 9.43. The minimum absolute atomic E-state index is 0.0367. The Kier molecular flexibility index (Phi) is 6.58. The monoisotopic (exact) mass is 430 g/mol. The van der Waals surface area contributed by atoms with Gasteiger partial charge in [-0.15, -0.1) is 0 Å². The van der Waals surface area contributed by atoms with Crippen LogP contribution in [0.5, 0.6) is 17.2 Å². The maximum atomic E-state index is 13.7. The van der Waals surface area contributed by atoms with Crippen LogP contribution in [0.4, 0.5) is 5.69 Å². The summed E-state index contributed by atoms with van der Waals surface area (Å²) in [7, 11) is 4.66. The number of anilines is 1. The second-order valence-electron chi connectivity index (χ2n) is 8.91. The number of hydrogen-bond acceptors (Lipinski definition) is 5. The highest BCUT2D eigenvalue weighted by Crippen LogP contribution is 2.42. The molecule has 2 saturated carbocycles. The van der Waals surface area contributed by atoms with Crippen LogP contribution in [-0.2, 0) is 9.59 Å². The lowest BCUT2D eigenvalue weighted by molar-refractivity contribution is -0.140. The third kappa shape index (κ3) is 4.19. The molecule has 2 amide bonds. The highest BCUT2D eigenvalue weighted by molar-refractivity contribution is 6.01. The molecular formula is C24H34N2O5. The molecule has 0 N–H and O–H groups in total. The predicted molar refractivity (Wildman–Crippen MR) is 118 cm³/mol. The quantitative estimate of drug-likeness (QED) is 0.659. The van der Waals surface area contributed by atoms with Gasteiger partial charge in [0, 0.05) is 37.2 Å². The van der Waals surface area contributed by atoms with E-state index in [9.17, 15) is 9.59 Å². The van der Waals surface area contributed by atoms with Crippen LogP contribution in [0.25, 0.3) is 0 Å². The number of amides is 2. The standard InChI is InChI=1S/C24H34N2O5/c1-29-20-13-19(14-21(30-2)23(20)31-3)25-15-16(12-22(25)27)24(28)26(17-8-4-5-9-17)18-10-6-7-11-18/h13-14,16-18H,4-12,15H2,1-3H3. The fourth-order valence-corrected chi connectivity index (χ4v) is 5.58. The number of benzene rings is 1. The normalized spacial score (nSPS) is 22.2. The molecule has 1 aliphatic heterocycles. The summed E-state index contributed by atoms with van der Waals surface area (Å²) in [6.45, 7) is 0.395. The Morgan fingerprint density at radius 3 is 1.87 bits per heavy atom. The second kappa shape index (κ2) is 9.37. The van der Waals surface area contributed by atoms with Crippen LogP contribution < -0.4 is 19.1 Å². The lowest BCUT2D eigenvalue weighted by Gasteiger charge is -2.36. The topological polar surface area (TPSA) is 68.3 Å². The predicted octanol–water partition coefficient (Wildman–Crippen LogP) is 3.78. The van der Waals surface area contributed by atoms with Crippen molar-refractivity contribution in [1.29, 1.82) is 0 Å². The van der Waals surface area contributed by atoms with Crippen molar-refractivity contribution in [2.24, 2.45) is 5.92 Å². The fourth-order valence-electron chi connectivity index (χ4n) is 5.58. The highest BCUT2D eigenvalue weighted by atomic mass is 16.5. The summed E-state index contributed by atoms with van der Waals surface area (Å²) in [6, 6.07) is 4.25.